The average Bonchev–Trinajstić information content (AvgIpc) is 2.88. The molecule has 1 heterocycles. The first-order valence-corrected chi connectivity index (χ1v) is 7.80. The van der Waals surface area contributed by atoms with Gasteiger partial charge in [-0.3, -0.25) is 10.1 Å². The lowest BCUT2D eigenvalue weighted by molar-refractivity contribution is -0.384. The van der Waals surface area contributed by atoms with Gasteiger partial charge in [-0.25, -0.2) is 4.98 Å². The molecule has 0 radical (unpaired) electrons. The SMILES string of the molecule is CC(Nc1nc2ccc([N+](=O)[O-])cc2s1)c1ccccc1Cl. The molecule has 1 atom stereocenters. The van der Waals surface area contributed by atoms with E-state index in [-0.39, 0.29) is 11.7 Å². The van der Waals surface area contributed by atoms with Crippen molar-refractivity contribution in [1.29, 1.82) is 0 Å². The van der Waals surface area contributed by atoms with E-state index in [1.54, 1.807) is 12.1 Å². The fraction of sp³-hybridized carbons (Fsp3) is 0.133. The van der Waals surface area contributed by atoms with Crippen LogP contribution < -0.4 is 5.32 Å². The van der Waals surface area contributed by atoms with E-state index in [0.29, 0.717) is 10.2 Å². The summed E-state index contributed by atoms with van der Waals surface area (Å²) in [6, 6.07) is 12.3. The fourth-order valence-electron chi connectivity index (χ4n) is 2.18. The number of nitrogens with one attached hydrogen (secondary N) is 1. The highest BCUT2D eigenvalue weighted by Crippen LogP contribution is 2.32. The molecule has 0 aliphatic heterocycles. The Bertz CT molecular complexity index is 850. The summed E-state index contributed by atoms with van der Waals surface area (Å²) in [6.45, 7) is 2.00. The third-order valence-corrected chi connectivity index (χ3v) is 4.59. The molecular formula is C15H12ClN3O2S. The van der Waals surface area contributed by atoms with Crippen molar-refractivity contribution in [3.8, 4) is 0 Å². The largest absolute Gasteiger partial charge is 0.355 e. The van der Waals surface area contributed by atoms with E-state index >= 15 is 0 Å². The average molecular weight is 334 g/mol. The number of benzene rings is 2. The van der Waals surface area contributed by atoms with Crippen LogP contribution in [0.15, 0.2) is 42.5 Å². The van der Waals surface area contributed by atoms with E-state index in [2.05, 4.69) is 10.3 Å². The zero-order chi connectivity index (χ0) is 15.7. The summed E-state index contributed by atoms with van der Waals surface area (Å²) >= 11 is 7.58. The smallest absolute Gasteiger partial charge is 0.270 e. The van der Waals surface area contributed by atoms with Crippen LogP contribution in [0, 0.1) is 10.1 Å². The van der Waals surface area contributed by atoms with E-state index in [9.17, 15) is 10.1 Å². The van der Waals surface area contributed by atoms with Crippen molar-refractivity contribution in [1.82, 2.24) is 4.98 Å². The van der Waals surface area contributed by atoms with Crippen LogP contribution in [0.2, 0.25) is 5.02 Å². The van der Waals surface area contributed by atoms with Crippen LogP contribution in [0.3, 0.4) is 0 Å². The van der Waals surface area contributed by atoms with Gasteiger partial charge in [-0.15, -0.1) is 0 Å². The standard InChI is InChI=1S/C15H12ClN3O2S/c1-9(11-4-2-3-5-12(11)16)17-15-18-13-7-6-10(19(20)21)8-14(13)22-15/h2-9H,1H3,(H,17,18). The molecule has 0 amide bonds. The topological polar surface area (TPSA) is 68.1 Å². The second-order valence-electron chi connectivity index (χ2n) is 4.82. The van der Waals surface area contributed by atoms with Crippen LogP contribution in [0.4, 0.5) is 10.8 Å². The molecule has 0 aliphatic carbocycles. The molecule has 0 aliphatic rings. The fourth-order valence-corrected chi connectivity index (χ4v) is 3.46. The Morgan fingerprint density at radius 3 is 2.82 bits per heavy atom. The van der Waals surface area contributed by atoms with Gasteiger partial charge in [-0.2, -0.15) is 0 Å². The van der Waals surface area contributed by atoms with Gasteiger partial charge < -0.3 is 5.32 Å². The number of nitro groups is 1. The lowest BCUT2D eigenvalue weighted by Crippen LogP contribution is -2.06. The van der Waals surface area contributed by atoms with E-state index in [0.717, 1.165) is 15.8 Å². The van der Waals surface area contributed by atoms with Crippen molar-refractivity contribution in [2.75, 3.05) is 5.32 Å². The van der Waals surface area contributed by atoms with Gasteiger partial charge >= 0.3 is 0 Å². The van der Waals surface area contributed by atoms with E-state index in [1.807, 2.05) is 31.2 Å². The third kappa shape index (κ3) is 2.88. The summed E-state index contributed by atoms with van der Waals surface area (Å²) < 4.78 is 0.781. The maximum atomic E-state index is 10.8. The van der Waals surface area contributed by atoms with Crippen molar-refractivity contribution in [3.63, 3.8) is 0 Å². The monoisotopic (exact) mass is 333 g/mol. The minimum Gasteiger partial charge on any atom is -0.355 e. The first-order chi connectivity index (χ1) is 10.5. The zero-order valence-electron chi connectivity index (χ0n) is 11.6. The minimum atomic E-state index is -0.404. The Morgan fingerprint density at radius 2 is 2.09 bits per heavy atom. The van der Waals surface area contributed by atoms with Crippen molar-refractivity contribution in [3.05, 3.63) is 63.2 Å². The lowest BCUT2D eigenvalue weighted by atomic mass is 10.1. The third-order valence-electron chi connectivity index (χ3n) is 3.29. The predicted molar refractivity (Wildman–Crippen MR) is 89.8 cm³/mol. The molecule has 3 aromatic rings. The number of rotatable bonds is 4. The van der Waals surface area contributed by atoms with Crippen LogP contribution >= 0.6 is 22.9 Å². The summed E-state index contributed by atoms with van der Waals surface area (Å²) in [5, 5.41) is 15.5. The van der Waals surface area contributed by atoms with Gasteiger partial charge in [0.05, 0.1) is 21.2 Å². The Kier molecular flexibility index (Phi) is 3.96. The van der Waals surface area contributed by atoms with Crippen LogP contribution in [-0.2, 0) is 0 Å². The highest BCUT2D eigenvalue weighted by Gasteiger charge is 2.13. The second kappa shape index (κ2) is 5.90. The van der Waals surface area contributed by atoms with Gasteiger partial charge in [0.2, 0.25) is 0 Å². The minimum absolute atomic E-state index is 0.00996. The van der Waals surface area contributed by atoms with Crippen molar-refractivity contribution >= 4 is 44.0 Å². The number of fused-ring (bicyclic) bond motifs is 1. The summed E-state index contributed by atoms with van der Waals surface area (Å²) in [5.74, 6) is 0. The highest BCUT2D eigenvalue weighted by atomic mass is 35.5. The van der Waals surface area contributed by atoms with Gasteiger partial charge in [0.25, 0.3) is 5.69 Å². The van der Waals surface area contributed by atoms with Crippen molar-refractivity contribution in [2.24, 2.45) is 0 Å². The Labute approximate surface area is 135 Å². The Hall–Kier alpha value is -2.18. The first kappa shape index (κ1) is 14.7. The molecule has 0 saturated heterocycles. The molecule has 3 rings (SSSR count). The summed E-state index contributed by atoms with van der Waals surface area (Å²) in [5.41, 5.74) is 1.79. The Morgan fingerprint density at radius 1 is 1.32 bits per heavy atom. The van der Waals surface area contributed by atoms with Crippen LogP contribution in [0.5, 0.6) is 0 Å². The number of thiazole rings is 1. The highest BCUT2D eigenvalue weighted by molar-refractivity contribution is 7.22. The molecule has 0 fully saturated rings. The molecule has 7 heteroatoms. The van der Waals surface area contributed by atoms with Gasteiger partial charge in [0.1, 0.15) is 0 Å². The summed E-state index contributed by atoms with van der Waals surface area (Å²) in [6.07, 6.45) is 0. The number of halogens is 1. The maximum Gasteiger partial charge on any atom is 0.270 e. The number of non-ortho nitro benzene ring substituents is 1. The van der Waals surface area contributed by atoms with Gasteiger partial charge in [0.15, 0.2) is 5.13 Å². The van der Waals surface area contributed by atoms with Gasteiger partial charge in [0, 0.05) is 17.2 Å². The van der Waals surface area contributed by atoms with E-state index < -0.39 is 4.92 Å². The molecular weight excluding hydrogens is 322 g/mol. The molecule has 112 valence electrons. The van der Waals surface area contributed by atoms with Crippen molar-refractivity contribution < 1.29 is 4.92 Å². The van der Waals surface area contributed by atoms with E-state index in [1.165, 1.54) is 17.4 Å². The maximum absolute atomic E-state index is 10.8. The summed E-state index contributed by atoms with van der Waals surface area (Å²) in [4.78, 5) is 14.9. The zero-order valence-corrected chi connectivity index (χ0v) is 13.2. The number of hydrogen-bond acceptors (Lipinski definition) is 5. The molecule has 0 saturated carbocycles. The molecule has 1 unspecified atom stereocenters. The number of anilines is 1. The van der Waals surface area contributed by atoms with Gasteiger partial charge in [-0.1, -0.05) is 41.1 Å². The molecule has 1 N–H and O–H groups in total. The van der Waals surface area contributed by atoms with Gasteiger partial charge in [-0.05, 0) is 24.6 Å². The van der Waals surface area contributed by atoms with Crippen molar-refractivity contribution in [2.45, 2.75) is 13.0 Å². The Balaban J connectivity index is 1.88. The van der Waals surface area contributed by atoms with Crippen LogP contribution in [0.25, 0.3) is 10.2 Å². The van der Waals surface area contributed by atoms with Crippen LogP contribution in [-0.4, -0.2) is 9.91 Å². The number of hydrogen-bond donors (Lipinski definition) is 1. The molecule has 2 aromatic carbocycles. The first-order valence-electron chi connectivity index (χ1n) is 6.60. The number of nitrogens with zero attached hydrogens (tertiary/aromatic N) is 2. The molecule has 1 aromatic heterocycles. The van der Waals surface area contributed by atoms with Crippen LogP contribution in [0.1, 0.15) is 18.5 Å². The number of nitro benzene ring substituents is 1. The molecule has 5 nitrogen and oxygen atoms in total. The molecule has 0 spiro atoms. The molecule has 0 bridgehead atoms. The molecule has 22 heavy (non-hydrogen) atoms. The quantitative estimate of drug-likeness (QED) is 0.537. The predicted octanol–water partition coefficient (Wildman–Crippen LogP) is 5.03. The normalized spacial score (nSPS) is 12.3. The lowest BCUT2D eigenvalue weighted by Gasteiger charge is -2.14. The number of aromatic nitrogens is 1. The second-order valence-corrected chi connectivity index (χ2v) is 6.25. The van der Waals surface area contributed by atoms with E-state index in [4.69, 9.17) is 11.6 Å². The summed E-state index contributed by atoms with van der Waals surface area (Å²) in [7, 11) is 0.